The number of rotatable bonds is 4. The Labute approximate surface area is 173 Å². The standard InChI is InChI=1S/C23H20FN3O3/c1-2-27-19-5-3-4-6-21(19)30-20-12-11-17(13-18(20)22(27)28)26-23(29)25-14-15-7-9-16(24)10-8-15/h3-13H,2,14H2,1H3,(H2,25,26,29). The van der Waals surface area contributed by atoms with Crippen molar-refractivity contribution in [3.63, 3.8) is 0 Å². The molecule has 3 aromatic rings. The summed E-state index contributed by atoms with van der Waals surface area (Å²) in [7, 11) is 0. The van der Waals surface area contributed by atoms with Crippen molar-refractivity contribution in [3.05, 3.63) is 83.7 Å². The highest BCUT2D eigenvalue weighted by molar-refractivity contribution is 6.10. The van der Waals surface area contributed by atoms with Crippen LogP contribution in [0.1, 0.15) is 22.8 Å². The van der Waals surface area contributed by atoms with Crippen LogP contribution in [-0.4, -0.2) is 18.5 Å². The molecule has 4 rings (SSSR count). The van der Waals surface area contributed by atoms with Gasteiger partial charge in [0.25, 0.3) is 5.91 Å². The molecule has 0 fully saturated rings. The molecule has 6 nitrogen and oxygen atoms in total. The molecule has 2 N–H and O–H groups in total. The number of ether oxygens (including phenoxy) is 1. The first-order chi connectivity index (χ1) is 14.5. The largest absolute Gasteiger partial charge is 0.454 e. The molecular formula is C23H20FN3O3. The second-order valence-corrected chi connectivity index (χ2v) is 6.76. The lowest BCUT2D eigenvalue weighted by atomic mass is 10.1. The summed E-state index contributed by atoms with van der Waals surface area (Å²) in [5, 5.41) is 5.42. The van der Waals surface area contributed by atoms with E-state index in [1.165, 1.54) is 12.1 Å². The third-order valence-electron chi connectivity index (χ3n) is 4.77. The number of amides is 3. The van der Waals surface area contributed by atoms with Crippen LogP contribution in [0.2, 0.25) is 0 Å². The summed E-state index contributed by atoms with van der Waals surface area (Å²) in [6.45, 7) is 2.62. The molecule has 0 spiro atoms. The number of urea groups is 1. The molecule has 30 heavy (non-hydrogen) atoms. The van der Waals surface area contributed by atoms with Gasteiger partial charge in [-0.1, -0.05) is 24.3 Å². The minimum atomic E-state index is -0.433. The third-order valence-corrected chi connectivity index (χ3v) is 4.77. The van der Waals surface area contributed by atoms with E-state index in [2.05, 4.69) is 10.6 Å². The molecule has 0 bridgehead atoms. The van der Waals surface area contributed by atoms with Gasteiger partial charge in [-0.05, 0) is 55.0 Å². The number of carbonyl (C=O) groups is 2. The average Bonchev–Trinajstić information content (AvgIpc) is 2.87. The van der Waals surface area contributed by atoms with Crippen molar-refractivity contribution < 1.29 is 18.7 Å². The molecule has 0 radical (unpaired) electrons. The molecule has 1 aliphatic rings. The molecule has 0 unspecified atom stereocenters. The van der Waals surface area contributed by atoms with Gasteiger partial charge >= 0.3 is 6.03 Å². The van der Waals surface area contributed by atoms with Crippen molar-refractivity contribution in [3.8, 4) is 11.5 Å². The normalized spacial score (nSPS) is 12.3. The predicted molar refractivity (Wildman–Crippen MR) is 113 cm³/mol. The smallest absolute Gasteiger partial charge is 0.319 e. The second-order valence-electron chi connectivity index (χ2n) is 6.76. The molecule has 1 aliphatic heterocycles. The van der Waals surface area contributed by atoms with Crippen LogP contribution in [0, 0.1) is 5.82 Å². The Hall–Kier alpha value is -3.87. The molecule has 7 heteroatoms. The molecule has 1 heterocycles. The Balaban J connectivity index is 1.51. The lowest BCUT2D eigenvalue weighted by Crippen LogP contribution is -2.30. The first kappa shape index (κ1) is 19.4. The Bertz CT molecular complexity index is 1100. The van der Waals surface area contributed by atoms with Gasteiger partial charge in [0, 0.05) is 18.8 Å². The summed E-state index contributed by atoms with van der Waals surface area (Å²) < 4.78 is 18.9. The lowest BCUT2D eigenvalue weighted by Gasteiger charge is -2.19. The summed E-state index contributed by atoms with van der Waals surface area (Å²) in [5.41, 5.74) is 2.30. The summed E-state index contributed by atoms with van der Waals surface area (Å²) in [6.07, 6.45) is 0. The van der Waals surface area contributed by atoms with E-state index in [4.69, 9.17) is 4.74 Å². The Morgan fingerprint density at radius 3 is 2.57 bits per heavy atom. The van der Waals surface area contributed by atoms with Gasteiger partial charge in [0.05, 0.1) is 11.3 Å². The van der Waals surface area contributed by atoms with Crippen molar-refractivity contribution in [2.75, 3.05) is 16.8 Å². The van der Waals surface area contributed by atoms with E-state index in [0.29, 0.717) is 35.0 Å². The van der Waals surface area contributed by atoms with Crippen LogP contribution in [0.15, 0.2) is 66.7 Å². The van der Waals surface area contributed by atoms with E-state index >= 15 is 0 Å². The van der Waals surface area contributed by atoms with Gasteiger partial charge in [-0.25, -0.2) is 9.18 Å². The molecule has 3 amide bonds. The Morgan fingerprint density at radius 2 is 1.80 bits per heavy atom. The average molecular weight is 405 g/mol. The minimum Gasteiger partial charge on any atom is -0.454 e. The number of nitrogens with zero attached hydrogens (tertiary/aromatic N) is 1. The third kappa shape index (κ3) is 3.96. The summed E-state index contributed by atoms with van der Waals surface area (Å²) in [4.78, 5) is 27.0. The molecule has 152 valence electrons. The number of benzene rings is 3. The van der Waals surface area contributed by atoms with Gasteiger partial charge in [-0.15, -0.1) is 0 Å². The van der Waals surface area contributed by atoms with Crippen LogP contribution in [0.25, 0.3) is 0 Å². The number of halogens is 1. The van der Waals surface area contributed by atoms with Crippen LogP contribution in [0.3, 0.4) is 0 Å². The Kier molecular flexibility index (Phi) is 5.34. The fourth-order valence-corrected chi connectivity index (χ4v) is 3.28. The SMILES string of the molecule is CCN1C(=O)c2cc(NC(=O)NCc3ccc(F)cc3)ccc2Oc2ccccc21. The van der Waals surface area contributed by atoms with Gasteiger partial charge in [0.15, 0.2) is 5.75 Å². The molecule has 0 saturated carbocycles. The molecule has 0 saturated heterocycles. The number of nitrogens with one attached hydrogen (secondary N) is 2. The fourth-order valence-electron chi connectivity index (χ4n) is 3.28. The van der Waals surface area contributed by atoms with E-state index < -0.39 is 6.03 Å². The van der Waals surface area contributed by atoms with E-state index in [1.807, 2.05) is 31.2 Å². The topological polar surface area (TPSA) is 70.7 Å². The van der Waals surface area contributed by atoms with Crippen LogP contribution in [0.5, 0.6) is 11.5 Å². The summed E-state index contributed by atoms with van der Waals surface area (Å²) >= 11 is 0. The predicted octanol–water partition coefficient (Wildman–Crippen LogP) is 4.92. The van der Waals surface area contributed by atoms with Crippen molar-refractivity contribution in [1.29, 1.82) is 0 Å². The number of hydrogen-bond donors (Lipinski definition) is 2. The first-order valence-corrected chi connectivity index (χ1v) is 9.57. The summed E-state index contributed by atoms with van der Waals surface area (Å²) in [5.74, 6) is 0.501. The van der Waals surface area contributed by atoms with Gasteiger partial charge in [0.2, 0.25) is 0 Å². The number of fused-ring (bicyclic) bond motifs is 2. The van der Waals surface area contributed by atoms with Crippen LogP contribution in [0.4, 0.5) is 20.6 Å². The van der Waals surface area contributed by atoms with Crippen LogP contribution in [-0.2, 0) is 6.54 Å². The van der Waals surface area contributed by atoms with Crippen LogP contribution >= 0.6 is 0 Å². The van der Waals surface area contributed by atoms with Crippen molar-refractivity contribution in [2.45, 2.75) is 13.5 Å². The number of hydrogen-bond acceptors (Lipinski definition) is 3. The van der Waals surface area contributed by atoms with E-state index in [1.54, 1.807) is 35.2 Å². The first-order valence-electron chi connectivity index (χ1n) is 9.57. The van der Waals surface area contributed by atoms with E-state index in [-0.39, 0.29) is 18.3 Å². The minimum absolute atomic E-state index is 0.201. The number of carbonyl (C=O) groups excluding carboxylic acids is 2. The van der Waals surface area contributed by atoms with Gasteiger partial charge in [-0.2, -0.15) is 0 Å². The molecule has 0 aromatic heterocycles. The molecular weight excluding hydrogens is 385 g/mol. The zero-order chi connectivity index (χ0) is 21.1. The molecule has 0 aliphatic carbocycles. The maximum absolute atomic E-state index is 13.1. The quantitative estimate of drug-likeness (QED) is 0.647. The van der Waals surface area contributed by atoms with Crippen molar-refractivity contribution in [2.24, 2.45) is 0 Å². The van der Waals surface area contributed by atoms with Crippen molar-refractivity contribution in [1.82, 2.24) is 5.32 Å². The highest BCUT2D eigenvalue weighted by Gasteiger charge is 2.27. The van der Waals surface area contributed by atoms with E-state index in [0.717, 1.165) is 5.56 Å². The maximum Gasteiger partial charge on any atom is 0.319 e. The zero-order valence-corrected chi connectivity index (χ0v) is 16.3. The zero-order valence-electron chi connectivity index (χ0n) is 16.3. The van der Waals surface area contributed by atoms with Crippen molar-refractivity contribution >= 4 is 23.3 Å². The molecule has 0 atom stereocenters. The number of para-hydroxylation sites is 2. The lowest BCUT2D eigenvalue weighted by molar-refractivity contribution is 0.0988. The van der Waals surface area contributed by atoms with Gasteiger partial charge < -0.3 is 20.3 Å². The summed E-state index contributed by atoms with van der Waals surface area (Å²) in [6, 6.07) is 17.7. The van der Waals surface area contributed by atoms with Crippen LogP contribution < -0.4 is 20.3 Å². The second kappa shape index (κ2) is 8.24. The van der Waals surface area contributed by atoms with Gasteiger partial charge in [-0.3, -0.25) is 4.79 Å². The highest BCUT2D eigenvalue weighted by atomic mass is 19.1. The monoisotopic (exact) mass is 405 g/mol. The fraction of sp³-hybridized carbons (Fsp3) is 0.130. The highest BCUT2D eigenvalue weighted by Crippen LogP contribution is 2.39. The van der Waals surface area contributed by atoms with Gasteiger partial charge in [0.1, 0.15) is 11.6 Å². The van der Waals surface area contributed by atoms with E-state index in [9.17, 15) is 14.0 Å². The molecule has 3 aromatic carbocycles. The number of anilines is 2. The maximum atomic E-state index is 13.1. The Morgan fingerprint density at radius 1 is 1.03 bits per heavy atom.